The van der Waals surface area contributed by atoms with E-state index in [1.807, 2.05) is 6.07 Å². The number of nitrogens with zero attached hydrogens (tertiary/aromatic N) is 5. The summed E-state index contributed by atoms with van der Waals surface area (Å²) in [5.74, 6) is 0.113. The number of fused-ring (bicyclic) bond motifs is 2. The minimum atomic E-state index is -4.31. The highest BCUT2D eigenvalue weighted by Gasteiger charge is 2.46. The van der Waals surface area contributed by atoms with Gasteiger partial charge in [0.05, 0.1) is 36.1 Å². The van der Waals surface area contributed by atoms with Crippen molar-refractivity contribution in [1.82, 2.24) is 24.0 Å². The smallest absolute Gasteiger partial charge is 0.378 e. The van der Waals surface area contributed by atoms with E-state index in [2.05, 4.69) is 15.4 Å². The molecule has 2 atom stereocenters. The highest BCUT2D eigenvalue weighted by atomic mass is 32.2. The number of aromatic nitrogens is 3. The lowest BCUT2D eigenvalue weighted by molar-refractivity contribution is -0.148. The minimum Gasteiger partial charge on any atom is -0.378 e. The summed E-state index contributed by atoms with van der Waals surface area (Å²) in [7, 11) is -3.85. The van der Waals surface area contributed by atoms with E-state index in [0.717, 1.165) is 0 Å². The number of benzene rings is 1. The summed E-state index contributed by atoms with van der Waals surface area (Å²) in [4.78, 5) is 16.9. The van der Waals surface area contributed by atoms with Gasteiger partial charge in [-0.05, 0) is 49.1 Å². The van der Waals surface area contributed by atoms with Gasteiger partial charge in [0.15, 0.2) is 5.82 Å². The van der Waals surface area contributed by atoms with Gasteiger partial charge in [-0.3, -0.25) is 14.4 Å². The van der Waals surface area contributed by atoms with Gasteiger partial charge in [0.25, 0.3) is 5.56 Å². The van der Waals surface area contributed by atoms with Crippen molar-refractivity contribution in [3.8, 4) is 6.07 Å². The van der Waals surface area contributed by atoms with Crippen LogP contribution in [0.25, 0.3) is 10.9 Å². The average Bonchev–Trinajstić information content (AvgIpc) is 3.45. The highest BCUT2D eigenvalue weighted by molar-refractivity contribution is 7.89. The zero-order chi connectivity index (χ0) is 30.6. The van der Waals surface area contributed by atoms with Gasteiger partial charge in [-0.15, -0.1) is 0 Å². The predicted octanol–water partition coefficient (Wildman–Crippen LogP) is 3.37. The number of H-pyrrole nitrogens is 1. The van der Waals surface area contributed by atoms with E-state index in [1.54, 1.807) is 12.1 Å². The Morgan fingerprint density at radius 3 is 2.70 bits per heavy atom. The fourth-order valence-electron chi connectivity index (χ4n) is 6.39. The molecule has 0 amide bonds. The first-order valence-corrected chi connectivity index (χ1v) is 15.3. The van der Waals surface area contributed by atoms with Crippen LogP contribution in [-0.4, -0.2) is 83.6 Å². The van der Waals surface area contributed by atoms with Crippen LogP contribution in [0.3, 0.4) is 0 Å². The molecule has 2 N–H and O–H groups in total. The molecule has 0 saturated carbocycles. The highest BCUT2D eigenvalue weighted by Crippen LogP contribution is 2.40. The van der Waals surface area contributed by atoms with Gasteiger partial charge < -0.3 is 15.0 Å². The summed E-state index contributed by atoms with van der Waals surface area (Å²) >= 11 is 0. The number of aromatic amines is 1. The molecule has 2 saturated heterocycles. The fraction of sp³-hybridized carbons (Fsp3) is 0.519. The lowest BCUT2D eigenvalue weighted by Gasteiger charge is -2.38. The topological polar surface area (TPSA) is 136 Å². The normalized spacial score (nSPS) is 25.0. The third-order valence-corrected chi connectivity index (χ3v) is 10.5. The number of sulfonamides is 1. The molecule has 5 heterocycles. The van der Waals surface area contributed by atoms with E-state index >= 15 is 4.39 Å². The second kappa shape index (κ2) is 10.9. The summed E-state index contributed by atoms with van der Waals surface area (Å²) in [6, 6.07) is 7.81. The zero-order valence-electron chi connectivity index (χ0n) is 22.9. The lowest BCUT2D eigenvalue weighted by Crippen LogP contribution is -2.49. The van der Waals surface area contributed by atoms with Crippen molar-refractivity contribution in [2.45, 2.75) is 61.1 Å². The Bertz CT molecular complexity index is 1740. The van der Waals surface area contributed by atoms with Crippen molar-refractivity contribution < 1.29 is 30.7 Å². The van der Waals surface area contributed by atoms with Gasteiger partial charge in [-0.1, -0.05) is 0 Å². The molecule has 0 aliphatic carbocycles. The van der Waals surface area contributed by atoms with E-state index < -0.39 is 46.1 Å². The van der Waals surface area contributed by atoms with Crippen LogP contribution < -0.4 is 10.9 Å². The molecule has 1 aromatic carbocycles. The van der Waals surface area contributed by atoms with E-state index in [1.165, 1.54) is 32.2 Å². The molecule has 3 aliphatic heterocycles. The van der Waals surface area contributed by atoms with Crippen molar-refractivity contribution in [2.24, 2.45) is 0 Å². The van der Waals surface area contributed by atoms with Gasteiger partial charge >= 0.3 is 6.18 Å². The molecule has 230 valence electrons. The zero-order valence-corrected chi connectivity index (χ0v) is 23.7. The number of likely N-dealkylation sites (tertiary alicyclic amines) is 1. The number of nitrogens with one attached hydrogen (secondary N) is 2. The number of hydrogen-bond donors (Lipinski definition) is 2. The molecule has 16 heteroatoms. The van der Waals surface area contributed by atoms with Gasteiger partial charge in [-0.25, -0.2) is 12.8 Å². The van der Waals surface area contributed by atoms with Crippen LogP contribution in [0.15, 0.2) is 40.2 Å². The molecule has 0 radical (unpaired) electrons. The number of alkyl halides is 4. The van der Waals surface area contributed by atoms with Crippen molar-refractivity contribution >= 4 is 32.4 Å². The van der Waals surface area contributed by atoms with Gasteiger partial charge in [0.2, 0.25) is 10.0 Å². The number of anilines is 2. The number of nitriles is 1. The maximum absolute atomic E-state index is 15.4. The van der Waals surface area contributed by atoms with E-state index in [9.17, 15) is 31.6 Å². The summed E-state index contributed by atoms with van der Waals surface area (Å²) in [5.41, 5.74) is -0.565. The van der Waals surface area contributed by atoms with Crippen LogP contribution in [0.5, 0.6) is 0 Å². The van der Waals surface area contributed by atoms with Crippen LogP contribution in [0.1, 0.15) is 31.2 Å². The Morgan fingerprint density at radius 2 is 2.00 bits per heavy atom. The molecule has 6 rings (SSSR count). The maximum Gasteiger partial charge on any atom is 0.401 e. The quantitative estimate of drug-likeness (QED) is 0.399. The van der Waals surface area contributed by atoms with Crippen LogP contribution in [0.2, 0.25) is 0 Å². The predicted molar refractivity (Wildman–Crippen MR) is 147 cm³/mol. The summed E-state index contributed by atoms with van der Waals surface area (Å²) in [5, 5.41) is 17.4. The number of rotatable bonds is 6. The Hall–Kier alpha value is -3.52. The first-order valence-electron chi connectivity index (χ1n) is 13.8. The van der Waals surface area contributed by atoms with Crippen LogP contribution in [0.4, 0.5) is 29.1 Å². The third kappa shape index (κ3) is 5.28. The Morgan fingerprint density at radius 1 is 1.23 bits per heavy atom. The molecule has 3 aromatic rings. The average molecular weight is 624 g/mol. The Kier molecular flexibility index (Phi) is 7.48. The van der Waals surface area contributed by atoms with Crippen LogP contribution in [-0.2, 0) is 26.8 Å². The molecule has 0 bridgehead atoms. The van der Waals surface area contributed by atoms with Gasteiger partial charge in [0.1, 0.15) is 17.1 Å². The van der Waals surface area contributed by atoms with Crippen LogP contribution >= 0.6 is 0 Å². The summed E-state index contributed by atoms with van der Waals surface area (Å²) in [6.07, 6.45) is -3.90. The first kappa shape index (κ1) is 29.5. The minimum absolute atomic E-state index is 0.0572. The second-order valence-electron chi connectivity index (χ2n) is 11.2. The molecule has 11 nitrogen and oxygen atoms in total. The van der Waals surface area contributed by atoms with Crippen molar-refractivity contribution in [3.05, 3.63) is 46.4 Å². The molecule has 3 aliphatic rings. The van der Waals surface area contributed by atoms with E-state index in [-0.39, 0.29) is 74.6 Å². The van der Waals surface area contributed by atoms with E-state index in [4.69, 9.17) is 4.74 Å². The maximum atomic E-state index is 15.4. The summed E-state index contributed by atoms with van der Waals surface area (Å²) in [6.45, 7) is -0.682. The Balaban J connectivity index is 1.28. The molecular weight excluding hydrogens is 594 g/mol. The summed E-state index contributed by atoms with van der Waals surface area (Å²) < 4.78 is 88.5. The molecule has 2 unspecified atom stereocenters. The lowest BCUT2D eigenvalue weighted by atomic mass is 9.85. The van der Waals surface area contributed by atoms with Crippen LogP contribution in [0, 0.1) is 11.3 Å². The standard InChI is InChI=1S/C27H29F4N7O4S/c28-22-15-42-12-7-26(22,6-8-32)38-20-3-9-33-25(39)23(20)24(35-38)34-18-1-2-21-17(13-18)14-37(43(21,40)41)19-4-10-36(11-5-19)16-27(29,30)31/h1-3,9,13,19,22H,4-7,10-12,14-16H2,(H,33,39)(H,34,35). The molecule has 2 fully saturated rings. The Labute approximate surface area is 244 Å². The molecule has 2 aromatic heterocycles. The van der Waals surface area contributed by atoms with Gasteiger partial charge in [0, 0.05) is 44.2 Å². The largest absolute Gasteiger partial charge is 0.401 e. The SMILES string of the molecule is N#CCC1(n2nc(Nc3ccc4c(c3)CN(C3CCN(CC(F)(F)F)CC3)S4(=O)=O)c3c(=O)[nH]ccc32)CCOCC1F. The number of ether oxygens (including phenoxy) is 1. The number of pyridine rings is 1. The van der Waals surface area contributed by atoms with Gasteiger partial charge in [-0.2, -0.15) is 27.8 Å². The number of halogens is 4. The second-order valence-corrected chi connectivity index (χ2v) is 13.0. The monoisotopic (exact) mass is 623 g/mol. The molecule has 0 spiro atoms. The van der Waals surface area contributed by atoms with Crippen molar-refractivity contribution in [3.63, 3.8) is 0 Å². The molecule has 43 heavy (non-hydrogen) atoms. The number of piperidine rings is 1. The molecular formula is C27H29F4N7O4S. The van der Waals surface area contributed by atoms with E-state index in [0.29, 0.717) is 16.8 Å². The number of hydrogen-bond acceptors (Lipinski definition) is 8. The third-order valence-electron chi connectivity index (χ3n) is 8.54. The van der Waals surface area contributed by atoms with Crippen molar-refractivity contribution in [2.75, 3.05) is 38.2 Å². The fourth-order valence-corrected chi connectivity index (χ4v) is 8.25. The first-order chi connectivity index (χ1) is 20.4. The van der Waals surface area contributed by atoms with Crippen molar-refractivity contribution in [1.29, 1.82) is 5.26 Å².